The molecule has 2 heterocycles. The predicted octanol–water partition coefficient (Wildman–Crippen LogP) is 2.64. The van der Waals surface area contributed by atoms with Crippen LogP contribution in [0.25, 0.3) is 0 Å². The smallest absolute Gasteiger partial charge is 0.387 e. The summed E-state index contributed by atoms with van der Waals surface area (Å²) in [5.41, 5.74) is -0.395. The van der Waals surface area contributed by atoms with E-state index >= 15 is 0 Å². The molecule has 0 saturated carbocycles. The van der Waals surface area contributed by atoms with Crippen LogP contribution in [-0.2, 0) is 17.2 Å². The van der Waals surface area contributed by atoms with Gasteiger partial charge in [-0.05, 0) is 37.3 Å². The van der Waals surface area contributed by atoms with Gasteiger partial charge in [0.1, 0.15) is 5.75 Å². The molecule has 2 aliphatic rings. The van der Waals surface area contributed by atoms with Crippen molar-refractivity contribution in [2.24, 2.45) is 0 Å². The number of hydrogen-bond donors (Lipinski definition) is 1. The van der Waals surface area contributed by atoms with Crippen molar-refractivity contribution in [1.82, 2.24) is 0 Å². The van der Waals surface area contributed by atoms with Crippen molar-refractivity contribution in [2.45, 2.75) is 54.8 Å². The molecular formula is C15H18F2O3S. The number of halogens is 2. The second-order valence-corrected chi connectivity index (χ2v) is 7.94. The molecule has 2 atom stereocenters. The summed E-state index contributed by atoms with van der Waals surface area (Å²) in [6.07, 6.45) is 2.97. The first kappa shape index (κ1) is 14.9. The number of hydrogen-bond acceptors (Lipinski definition) is 3. The molecule has 2 fully saturated rings. The maximum absolute atomic E-state index is 12.4. The zero-order valence-electron chi connectivity index (χ0n) is 11.5. The first-order valence-electron chi connectivity index (χ1n) is 7.11. The molecule has 0 amide bonds. The Morgan fingerprint density at radius 3 is 2.52 bits per heavy atom. The molecule has 1 aromatic rings. The fourth-order valence-electron chi connectivity index (χ4n) is 3.54. The lowest BCUT2D eigenvalue weighted by molar-refractivity contribution is -0.0516. The minimum atomic E-state index is -2.88. The molecule has 0 radical (unpaired) electrons. The molecule has 3 rings (SSSR count). The lowest BCUT2D eigenvalue weighted by atomic mass is 9.86. The quantitative estimate of drug-likeness (QED) is 0.929. The summed E-state index contributed by atoms with van der Waals surface area (Å²) in [6, 6.07) is 6.56. The van der Waals surface area contributed by atoms with Gasteiger partial charge in [0.15, 0.2) is 0 Å². The van der Waals surface area contributed by atoms with E-state index in [0.29, 0.717) is 18.4 Å². The number of rotatable bonds is 4. The summed E-state index contributed by atoms with van der Waals surface area (Å²) in [7, 11) is -0.849. The van der Waals surface area contributed by atoms with E-state index in [4.69, 9.17) is 0 Å². The summed E-state index contributed by atoms with van der Waals surface area (Å²) in [5.74, 6) is 0.111. The van der Waals surface area contributed by atoms with E-state index in [0.717, 1.165) is 12.8 Å². The number of alkyl halides is 2. The Balaban J connectivity index is 1.79. The SMILES string of the molecule is O=S1C2CCC1CC(O)(Cc1ccccc1OC(F)F)C2. The average Bonchev–Trinajstić information content (AvgIpc) is 2.64. The molecule has 2 bridgehead atoms. The highest BCUT2D eigenvalue weighted by molar-refractivity contribution is 7.86. The molecule has 2 saturated heterocycles. The van der Waals surface area contributed by atoms with Crippen molar-refractivity contribution in [3.8, 4) is 5.75 Å². The Morgan fingerprint density at radius 2 is 1.90 bits per heavy atom. The standard InChI is InChI=1S/C15H18F2O3S/c16-14(17)20-13-4-2-1-3-10(13)7-15(18)8-11-5-6-12(9-15)21(11)19/h1-4,11-12,14,18H,5-9H2. The minimum absolute atomic E-state index is 0.0388. The van der Waals surface area contributed by atoms with Crippen molar-refractivity contribution in [2.75, 3.05) is 0 Å². The van der Waals surface area contributed by atoms with Gasteiger partial charge in [0.2, 0.25) is 0 Å². The normalized spacial score (nSPS) is 35.1. The number of aliphatic hydroxyl groups is 1. The van der Waals surface area contributed by atoms with E-state index in [1.54, 1.807) is 18.2 Å². The van der Waals surface area contributed by atoms with Crippen molar-refractivity contribution in [1.29, 1.82) is 0 Å². The van der Waals surface area contributed by atoms with Crippen LogP contribution in [0.5, 0.6) is 5.75 Å². The number of ether oxygens (including phenoxy) is 1. The van der Waals surface area contributed by atoms with E-state index in [9.17, 15) is 18.1 Å². The highest BCUT2D eigenvalue weighted by Gasteiger charge is 2.47. The lowest BCUT2D eigenvalue weighted by Crippen LogP contribution is -2.44. The first-order valence-corrected chi connectivity index (χ1v) is 8.39. The minimum Gasteiger partial charge on any atom is -0.435 e. The van der Waals surface area contributed by atoms with Gasteiger partial charge in [-0.15, -0.1) is 0 Å². The van der Waals surface area contributed by atoms with Crippen LogP contribution in [0.1, 0.15) is 31.2 Å². The molecule has 1 N–H and O–H groups in total. The van der Waals surface area contributed by atoms with Crippen molar-refractivity contribution >= 4 is 10.8 Å². The molecule has 6 heteroatoms. The third-order valence-electron chi connectivity index (χ3n) is 4.39. The van der Waals surface area contributed by atoms with Gasteiger partial charge in [0.25, 0.3) is 0 Å². The molecule has 2 unspecified atom stereocenters. The van der Waals surface area contributed by atoms with Crippen LogP contribution < -0.4 is 4.74 Å². The zero-order valence-corrected chi connectivity index (χ0v) is 12.3. The van der Waals surface area contributed by atoms with Gasteiger partial charge in [0.05, 0.1) is 5.60 Å². The van der Waals surface area contributed by atoms with Crippen LogP contribution in [-0.4, -0.2) is 32.0 Å². The maximum atomic E-state index is 12.4. The van der Waals surface area contributed by atoms with Gasteiger partial charge < -0.3 is 9.84 Å². The molecule has 0 aromatic heterocycles. The van der Waals surface area contributed by atoms with Crippen molar-refractivity contribution < 1.29 is 22.8 Å². The highest BCUT2D eigenvalue weighted by Crippen LogP contribution is 2.43. The Labute approximate surface area is 124 Å². The fraction of sp³-hybridized carbons (Fsp3) is 0.600. The Hall–Kier alpha value is -1.01. The first-order chi connectivity index (χ1) is 9.97. The number of benzene rings is 1. The number of fused-ring (bicyclic) bond motifs is 2. The lowest BCUT2D eigenvalue weighted by Gasteiger charge is -2.36. The molecule has 0 aliphatic carbocycles. The van der Waals surface area contributed by atoms with Gasteiger partial charge in [0, 0.05) is 27.7 Å². The zero-order chi connectivity index (χ0) is 15.0. The molecule has 21 heavy (non-hydrogen) atoms. The topological polar surface area (TPSA) is 46.5 Å². The molecule has 1 aromatic carbocycles. The van der Waals surface area contributed by atoms with Gasteiger partial charge >= 0.3 is 6.61 Å². The highest BCUT2D eigenvalue weighted by atomic mass is 32.2. The summed E-state index contributed by atoms with van der Waals surface area (Å²) >= 11 is 0. The maximum Gasteiger partial charge on any atom is 0.387 e. The predicted molar refractivity (Wildman–Crippen MR) is 75.9 cm³/mol. The average molecular weight is 316 g/mol. The van der Waals surface area contributed by atoms with Gasteiger partial charge in [-0.1, -0.05) is 18.2 Å². The van der Waals surface area contributed by atoms with Crippen LogP contribution in [0.2, 0.25) is 0 Å². The number of para-hydroxylation sites is 1. The van der Waals surface area contributed by atoms with Crippen LogP contribution in [0.4, 0.5) is 8.78 Å². The van der Waals surface area contributed by atoms with E-state index in [1.165, 1.54) is 6.07 Å². The second kappa shape index (κ2) is 5.65. The Kier molecular flexibility index (Phi) is 4.01. The van der Waals surface area contributed by atoms with Gasteiger partial charge in [-0.3, -0.25) is 4.21 Å². The van der Waals surface area contributed by atoms with E-state index in [2.05, 4.69) is 4.74 Å². The molecule has 0 spiro atoms. The van der Waals surface area contributed by atoms with E-state index in [-0.39, 0.29) is 22.7 Å². The van der Waals surface area contributed by atoms with Crippen molar-refractivity contribution in [3.05, 3.63) is 29.8 Å². The second-order valence-electron chi connectivity index (χ2n) is 5.95. The van der Waals surface area contributed by atoms with Crippen LogP contribution in [0.15, 0.2) is 24.3 Å². The summed E-state index contributed by atoms with van der Waals surface area (Å²) in [5, 5.41) is 10.9. The van der Waals surface area contributed by atoms with Crippen molar-refractivity contribution in [3.63, 3.8) is 0 Å². The summed E-state index contributed by atoms with van der Waals surface area (Å²) < 4.78 is 41.4. The van der Waals surface area contributed by atoms with E-state index < -0.39 is 23.0 Å². The Bertz CT molecular complexity index is 533. The van der Waals surface area contributed by atoms with Crippen LogP contribution in [0.3, 0.4) is 0 Å². The van der Waals surface area contributed by atoms with Gasteiger partial charge in [-0.2, -0.15) is 8.78 Å². The third-order valence-corrected chi connectivity index (χ3v) is 6.51. The molecule has 3 nitrogen and oxygen atoms in total. The molecule has 2 aliphatic heterocycles. The summed E-state index contributed by atoms with van der Waals surface area (Å²) in [4.78, 5) is 0. The molecular weight excluding hydrogens is 298 g/mol. The van der Waals surface area contributed by atoms with E-state index in [1.807, 2.05) is 0 Å². The molecule has 116 valence electrons. The Morgan fingerprint density at radius 1 is 1.29 bits per heavy atom. The summed E-state index contributed by atoms with van der Waals surface area (Å²) in [6.45, 7) is -2.88. The monoisotopic (exact) mass is 316 g/mol. The van der Waals surface area contributed by atoms with Gasteiger partial charge in [-0.25, -0.2) is 0 Å². The fourth-order valence-corrected chi connectivity index (χ4v) is 5.77. The largest absolute Gasteiger partial charge is 0.435 e. The third kappa shape index (κ3) is 3.11. The van der Waals surface area contributed by atoms with Crippen LogP contribution >= 0.6 is 0 Å². The van der Waals surface area contributed by atoms with Crippen LogP contribution in [0, 0.1) is 0 Å².